The molecule has 5 heteroatoms. The largest absolute Gasteiger partial charge is 0.494 e. The molecule has 0 atom stereocenters. The van der Waals surface area contributed by atoms with Gasteiger partial charge in [-0.2, -0.15) is 0 Å². The molecule has 5 aromatic rings. The Morgan fingerprint density at radius 1 is 0.632 bits per heavy atom. The first-order valence-corrected chi connectivity index (χ1v) is 13.3. The van der Waals surface area contributed by atoms with E-state index in [0.29, 0.717) is 0 Å². The van der Waals surface area contributed by atoms with Crippen LogP contribution in [0.1, 0.15) is 47.1 Å². The van der Waals surface area contributed by atoms with Crippen LogP contribution in [0.5, 0.6) is 5.75 Å². The minimum atomic E-state index is -0.475. The highest BCUT2D eigenvalue weighted by Crippen LogP contribution is 2.47. The molecule has 190 valence electrons. The van der Waals surface area contributed by atoms with Gasteiger partial charge in [0.15, 0.2) is 0 Å². The monoisotopic (exact) mass is 502 g/mol. The average Bonchev–Trinajstić information content (AvgIpc) is 3.36. The molecule has 1 fully saturated rings. The van der Waals surface area contributed by atoms with Crippen LogP contribution in [0.2, 0.25) is 0 Å². The molecule has 0 bridgehead atoms. The van der Waals surface area contributed by atoms with Crippen molar-refractivity contribution in [3.8, 4) is 28.0 Å². The van der Waals surface area contributed by atoms with Crippen molar-refractivity contribution in [1.29, 1.82) is 0 Å². The Bertz CT molecular complexity index is 1730. The van der Waals surface area contributed by atoms with Crippen LogP contribution in [0.25, 0.3) is 44.2 Å². The minimum Gasteiger partial charge on any atom is -0.482 e. The van der Waals surface area contributed by atoms with Gasteiger partial charge in [0.2, 0.25) is 0 Å². The van der Waals surface area contributed by atoms with Crippen molar-refractivity contribution in [1.82, 2.24) is 0 Å². The van der Waals surface area contributed by atoms with Gasteiger partial charge in [-0.15, -0.1) is 0 Å². The highest BCUT2D eigenvalue weighted by molar-refractivity contribution is 6.62. The van der Waals surface area contributed by atoms with Crippen LogP contribution in [0.4, 0.5) is 0 Å². The highest BCUT2D eigenvalue weighted by Gasteiger charge is 2.52. The number of ether oxygens (including phenoxy) is 1. The van der Waals surface area contributed by atoms with E-state index in [1.807, 2.05) is 18.2 Å². The summed E-state index contributed by atoms with van der Waals surface area (Å²) in [4.78, 5) is 0. The summed E-state index contributed by atoms with van der Waals surface area (Å²) in [5.41, 5.74) is 6.94. The van der Waals surface area contributed by atoms with E-state index < -0.39 is 23.9 Å². The van der Waals surface area contributed by atoms with E-state index in [1.54, 1.807) is 0 Å². The average molecular weight is 502 g/mol. The highest BCUT2D eigenvalue weighted by atomic mass is 16.7. The number of hydrogen-bond donors (Lipinski definition) is 0. The third-order valence-electron chi connectivity index (χ3n) is 8.55. The molecule has 0 aliphatic carbocycles. The molecule has 7 rings (SSSR count). The fraction of sp³-hybridized carbons (Fsp3) is 0.273. The van der Waals surface area contributed by atoms with Crippen molar-refractivity contribution in [2.24, 2.45) is 0 Å². The Balaban J connectivity index is 1.44. The summed E-state index contributed by atoms with van der Waals surface area (Å²) in [6.07, 6.45) is 0. The molecule has 0 amide bonds. The van der Waals surface area contributed by atoms with Crippen molar-refractivity contribution in [2.45, 2.75) is 58.3 Å². The lowest BCUT2D eigenvalue weighted by Gasteiger charge is -2.35. The molecule has 1 saturated heterocycles. The zero-order valence-corrected chi connectivity index (χ0v) is 22.7. The second kappa shape index (κ2) is 7.75. The fourth-order valence-electron chi connectivity index (χ4n) is 5.75. The van der Waals surface area contributed by atoms with Crippen molar-refractivity contribution in [3.63, 3.8) is 0 Å². The van der Waals surface area contributed by atoms with Crippen LogP contribution in [-0.4, -0.2) is 18.3 Å². The van der Waals surface area contributed by atoms with Crippen LogP contribution in [-0.2, 0) is 14.9 Å². The minimum absolute atomic E-state index is 0.427. The Morgan fingerprint density at radius 3 is 2.13 bits per heavy atom. The van der Waals surface area contributed by atoms with Gasteiger partial charge in [0, 0.05) is 27.5 Å². The maximum Gasteiger partial charge on any atom is 0.494 e. The number of furan rings is 1. The van der Waals surface area contributed by atoms with Crippen LogP contribution < -0.4 is 10.2 Å². The number of benzene rings is 4. The van der Waals surface area contributed by atoms with Gasteiger partial charge in [-0.25, -0.2) is 0 Å². The number of rotatable bonds is 2. The molecule has 4 aromatic carbocycles. The van der Waals surface area contributed by atoms with Crippen LogP contribution in [0.15, 0.2) is 83.3 Å². The summed E-state index contributed by atoms with van der Waals surface area (Å²) < 4.78 is 26.0. The molecule has 0 saturated carbocycles. The normalized spacial score (nSPS) is 18.8. The maximum absolute atomic E-state index is 6.58. The second-order valence-corrected chi connectivity index (χ2v) is 12.0. The van der Waals surface area contributed by atoms with E-state index >= 15 is 0 Å². The number of para-hydroxylation sites is 1. The van der Waals surface area contributed by atoms with Gasteiger partial charge in [-0.05, 0) is 70.3 Å². The summed E-state index contributed by atoms with van der Waals surface area (Å²) in [6, 6.07) is 27.4. The van der Waals surface area contributed by atoms with Gasteiger partial charge in [0.1, 0.15) is 22.5 Å². The molecule has 1 aromatic heterocycles. The number of hydrogen-bond acceptors (Lipinski definition) is 4. The third-order valence-corrected chi connectivity index (χ3v) is 8.55. The topological polar surface area (TPSA) is 40.8 Å². The smallest absolute Gasteiger partial charge is 0.482 e. The summed E-state index contributed by atoms with van der Waals surface area (Å²) in [5.74, 6) is 0.872. The quantitative estimate of drug-likeness (QED) is 0.231. The van der Waals surface area contributed by atoms with E-state index in [4.69, 9.17) is 18.5 Å². The second-order valence-electron chi connectivity index (χ2n) is 12.0. The van der Waals surface area contributed by atoms with Gasteiger partial charge < -0.3 is 18.5 Å². The molecule has 2 aliphatic heterocycles. The van der Waals surface area contributed by atoms with Crippen molar-refractivity contribution in [2.75, 3.05) is 0 Å². The summed E-state index contributed by atoms with van der Waals surface area (Å²) in [7, 11) is -0.475. The SMILES string of the molecule is CC1(C)Oc2cc(-c3cc(B4OC(C)(C)C(C)(C)O4)cc4c3oc3ccccc34)ccc2-c2ccccc21. The molecule has 38 heavy (non-hydrogen) atoms. The molecule has 3 heterocycles. The first kappa shape index (κ1) is 23.6. The Morgan fingerprint density at radius 2 is 1.34 bits per heavy atom. The summed E-state index contributed by atoms with van der Waals surface area (Å²) >= 11 is 0. The van der Waals surface area contributed by atoms with Gasteiger partial charge >= 0.3 is 7.12 Å². The lowest BCUT2D eigenvalue weighted by molar-refractivity contribution is 0.00578. The molecule has 2 aliphatic rings. The molecular weight excluding hydrogens is 471 g/mol. The van der Waals surface area contributed by atoms with E-state index in [2.05, 4.69) is 102 Å². The zero-order valence-electron chi connectivity index (χ0n) is 22.7. The molecule has 0 spiro atoms. The summed E-state index contributed by atoms with van der Waals surface area (Å²) in [6.45, 7) is 12.6. The summed E-state index contributed by atoms with van der Waals surface area (Å²) in [5, 5.41) is 2.12. The zero-order chi connectivity index (χ0) is 26.4. The predicted molar refractivity (Wildman–Crippen MR) is 154 cm³/mol. The van der Waals surface area contributed by atoms with Gasteiger partial charge in [0.25, 0.3) is 0 Å². The first-order valence-electron chi connectivity index (χ1n) is 13.3. The molecule has 0 unspecified atom stereocenters. The Labute approximate surface area is 223 Å². The van der Waals surface area contributed by atoms with Crippen molar-refractivity contribution < 1.29 is 18.5 Å². The van der Waals surface area contributed by atoms with E-state index in [9.17, 15) is 0 Å². The van der Waals surface area contributed by atoms with Gasteiger partial charge in [0.05, 0.1) is 11.2 Å². The molecule has 0 N–H and O–H groups in total. The fourth-order valence-corrected chi connectivity index (χ4v) is 5.75. The van der Waals surface area contributed by atoms with Crippen LogP contribution in [0, 0.1) is 0 Å². The molecule has 4 nitrogen and oxygen atoms in total. The van der Waals surface area contributed by atoms with Gasteiger partial charge in [-0.1, -0.05) is 66.7 Å². The number of fused-ring (bicyclic) bond motifs is 6. The maximum atomic E-state index is 6.58. The Kier molecular flexibility index (Phi) is 4.81. The van der Waals surface area contributed by atoms with Crippen molar-refractivity contribution in [3.05, 3.63) is 84.4 Å². The predicted octanol–water partition coefficient (Wildman–Crippen LogP) is 7.85. The molecule has 0 radical (unpaired) electrons. The standard InChI is InChI=1S/C33H31BO4/c1-31(2)27-13-9-7-11-22(27)24-16-15-20(17-29(24)36-31)25-18-21(34-37-32(3,4)33(5,6)38-34)19-26-23-12-8-10-14-28(23)35-30(25)26/h7-19H,1-6H3. The van der Waals surface area contributed by atoms with Crippen molar-refractivity contribution >= 4 is 34.5 Å². The van der Waals surface area contributed by atoms with E-state index in [0.717, 1.165) is 49.8 Å². The third kappa shape index (κ3) is 3.38. The molecular formula is C33H31BO4. The Hall–Kier alpha value is -3.54. The van der Waals surface area contributed by atoms with Crippen LogP contribution >= 0.6 is 0 Å². The lowest BCUT2D eigenvalue weighted by Crippen LogP contribution is -2.41. The van der Waals surface area contributed by atoms with E-state index in [-0.39, 0.29) is 0 Å². The van der Waals surface area contributed by atoms with E-state index in [1.165, 1.54) is 11.1 Å². The van der Waals surface area contributed by atoms with Crippen LogP contribution in [0.3, 0.4) is 0 Å². The van der Waals surface area contributed by atoms with Gasteiger partial charge in [-0.3, -0.25) is 0 Å². The lowest BCUT2D eigenvalue weighted by atomic mass is 9.77. The first-order chi connectivity index (χ1) is 18.0.